The summed E-state index contributed by atoms with van der Waals surface area (Å²) in [6.07, 6.45) is 0.466. The second kappa shape index (κ2) is 3.97. The van der Waals surface area contributed by atoms with Crippen LogP contribution in [0.5, 0.6) is 0 Å². The Kier molecular flexibility index (Phi) is 2.90. The molecule has 19 heavy (non-hydrogen) atoms. The molecule has 1 spiro atoms. The number of imide groups is 1. The first-order chi connectivity index (χ1) is 8.65. The van der Waals surface area contributed by atoms with Crippen molar-refractivity contribution in [3.63, 3.8) is 0 Å². The predicted molar refractivity (Wildman–Crippen MR) is 70.3 cm³/mol. The Bertz CT molecular complexity index is 499. The van der Waals surface area contributed by atoms with Crippen molar-refractivity contribution in [2.24, 2.45) is 0 Å². The van der Waals surface area contributed by atoms with Gasteiger partial charge in [-0.15, -0.1) is 5.92 Å². The van der Waals surface area contributed by atoms with Gasteiger partial charge in [-0.25, -0.2) is 4.79 Å². The van der Waals surface area contributed by atoms with E-state index in [4.69, 9.17) is 4.74 Å². The molecule has 5 nitrogen and oxygen atoms in total. The molecule has 2 fully saturated rings. The Balaban J connectivity index is 2.38. The lowest BCUT2D eigenvalue weighted by molar-refractivity contribution is -0.138. The van der Waals surface area contributed by atoms with Crippen molar-refractivity contribution < 1.29 is 14.3 Å². The van der Waals surface area contributed by atoms with E-state index in [9.17, 15) is 9.59 Å². The molecule has 104 valence electrons. The summed E-state index contributed by atoms with van der Waals surface area (Å²) in [5.74, 6) is 5.22. The summed E-state index contributed by atoms with van der Waals surface area (Å²) in [6.45, 7) is 9.35. The second-order valence-electron chi connectivity index (χ2n) is 6.20. The summed E-state index contributed by atoms with van der Waals surface area (Å²) in [7, 11) is 0. The van der Waals surface area contributed by atoms with E-state index < -0.39 is 16.7 Å². The quantitative estimate of drug-likeness (QED) is 0.573. The lowest BCUT2D eigenvalue weighted by Crippen LogP contribution is -2.59. The highest BCUT2D eigenvalue weighted by atomic mass is 16.5. The maximum atomic E-state index is 12.6. The SMILES string of the molecule is CC#CCN1C(=O)NC2(CC(C)(C)OC2(C)C)C1=O. The smallest absolute Gasteiger partial charge is 0.325 e. The molecule has 0 saturated carbocycles. The van der Waals surface area contributed by atoms with Gasteiger partial charge >= 0.3 is 6.03 Å². The fourth-order valence-corrected chi connectivity index (χ4v) is 3.12. The van der Waals surface area contributed by atoms with Gasteiger partial charge in [0, 0.05) is 6.42 Å². The molecule has 0 radical (unpaired) electrons. The van der Waals surface area contributed by atoms with Gasteiger partial charge in [0.25, 0.3) is 5.91 Å². The third-order valence-electron chi connectivity index (χ3n) is 3.84. The second-order valence-corrected chi connectivity index (χ2v) is 6.20. The number of rotatable bonds is 1. The van der Waals surface area contributed by atoms with E-state index >= 15 is 0 Å². The maximum absolute atomic E-state index is 12.6. The molecule has 2 saturated heterocycles. The largest absolute Gasteiger partial charge is 0.367 e. The van der Waals surface area contributed by atoms with Gasteiger partial charge < -0.3 is 10.1 Å². The van der Waals surface area contributed by atoms with Crippen molar-refractivity contribution in [3.8, 4) is 11.8 Å². The zero-order valence-electron chi connectivity index (χ0n) is 12.1. The normalized spacial score (nSPS) is 31.3. The van der Waals surface area contributed by atoms with Gasteiger partial charge in [0.1, 0.15) is 0 Å². The standard InChI is InChI=1S/C14H20N2O3/c1-6-7-8-16-10(17)14(15-11(16)18)9-12(2,3)19-13(14,4)5/h8-9H2,1-5H3,(H,15,18). The fourth-order valence-electron chi connectivity index (χ4n) is 3.12. The topological polar surface area (TPSA) is 58.6 Å². The van der Waals surface area contributed by atoms with Crippen molar-refractivity contribution in [2.45, 2.75) is 57.8 Å². The Hall–Kier alpha value is -1.54. The molecular formula is C14H20N2O3. The fraction of sp³-hybridized carbons (Fsp3) is 0.714. The minimum absolute atomic E-state index is 0.124. The van der Waals surface area contributed by atoms with Crippen LogP contribution in [0.4, 0.5) is 4.79 Å². The van der Waals surface area contributed by atoms with Crippen LogP contribution in [-0.4, -0.2) is 40.1 Å². The number of nitrogens with one attached hydrogen (secondary N) is 1. The van der Waals surface area contributed by atoms with Crippen LogP contribution < -0.4 is 5.32 Å². The third kappa shape index (κ3) is 1.91. The van der Waals surface area contributed by atoms with Crippen molar-refractivity contribution in [1.82, 2.24) is 10.2 Å². The number of urea groups is 1. The number of hydrogen-bond acceptors (Lipinski definition) is 3. The highest BCUT2D eigenvalue weighted by Gasteiger charge is 2.67. The zero-order valence-corrected chi connectivity index (χ0v) is 12.1. The molecule has 1 N–H and O–H groups in total. The molecule has 2 aliphatic heterocycles. The van der Waals surface area contributed by atoms with Crippen LogP contribution in [0.3, 0.4) is 0 Å². The van der Waals surface area contributed by atoms with Crippen LogP contribution in [0.1, 0.15) is 41.0 Å². The number of carbonyl (C=O) groups excluding carboxylic acids is 2. The molecule has 1 unspecified atom stereocenters. The highest BCUT2D eigenvalue weighted by Crippen LogP contribution is 2.47. The average Bonchev–Trinajstić information content (AvgIpc) is 2.58. The van der Waals surface area contributed by atoms with Crippen LogP contribution in [0.15, 0.2) is 0 Å². The van der Waals surface area contributed by atoms with Crippen LogP contribution >= 0.6 is 0 Å². The van der Waals surface area contributed by atoms with Gasteiger partial charge in [-0.3, -0.25) is 9.69 Å². The van der Waals surface area contributed by atoms with Gasteiger partial charge in [-0.2, -0.15) is 0 Å². The third-order valence-corrected chi connectivity index (χ3v) is 3.84. The van der Waals surface area contributed by atoms with E-state index in [1.54, 1.807) is 6.92 Å². The summed E-state index contributed by atoms with van der Waals surface area (Å²) in [6, 6.07) is -0.387. The van der Waals surface area contributed by atoms with Gasteiger partial charge in [0.2, 0.25) is 0 Å². The molecule has 1 atom stereocenters. The van der Waals surface area contributed by atoms with Crippen LogP contribution in [0, 0.1) is 11.8 Å². The summed E-state index contributed by atoms with van der Waals surface area (Å²) in [5.41, 5.74) is -2.17. The molecule has 0 aromatic rings. The average molecular weight is 264 g/mol. The molecule has 3 amide bonds. The number of hydrogen-bond donors (Lipinski definition) is 1. The van der Waals surface area contributed by atoms with E-state index in [2.05, 4.69) is 17.2 Å². The maximum Gasteiger partial charge on any atom is 0.325 e. The number of carbonyl (C=O) groups is 2. The van der Waals surface area contributed by atoms with E-state index in [1.807, 2.05) is 27.7 Å². The summed E-state index contributed by atoms with van der Waals surface area (Å²) >= 11 is 0. The molecule has 0 aliphatic carbocycles. The van der Waals surface area contributed by atoms with Crippen molar-refractivity contribution in [1.29, 1.82) is 0 Å². The van der Waals surface area contributed by atoms with E-state index in [0.29, 0.717) is 6.42 Å². The predicted octanol–water partition coefficient (Wildman–Crippen LogP) is 1.28. The van der Waals surface area contributed by atoms with Gasteiger partial charge in [0.15, 0.2) is 5.54 Å². The van der Waals surface area contributed by atoms with Crippen LogP contribution in [0.25, 0.3) is 0 Å². The lowest BCUT2D eigenvalue weighted by atomic mass is 9.79. The van der Waals surface area contributed by atoms with E-state index in [1.165, 1.54) is 4.90 Å². The van der Waals surface area contributed by atoms with Crippen molar-refractivity contribution >= 4 is 11.9 Å². The molecule has 2 heterocycles. The van der Waals surface area contributed by atoms with Crippen molar-refractivity contribution in [3.05, 3.63) is 0 Å². The summed E-state index contributed by atoms with van der Waals surface area (Å²) < 4.78 is 5.95. The molecule has 5 heteroatoms. The molecule has 0 aromatic carbocycles. The number of ether oxygens (including phenoxy) is 1. The molecule has 2 rings (SSSR count). The Morgan fingerprint density at radius 2 is 1.95 bits per heavy atom. The van der Waals surface area contributed by atoms with Crippen LogP contribution in [0.2, 0.25) is 0 Å². The Labute approximate surface area is 113 Å². The van der Waals surface area contributed by atoms with Gasteiger partial charge in [-0.1, -0.05) is 5.92 Å². The minimum atomic E-state index is -0.983. The first-order valence-electron chi connectivity index (χ1n) is 6.39. The first-order valence-corrected chi connectivity index (χ1v) is 6.39. The van der Waals surface area contributed by atoms with Crippen LogP contribution in [-0.2, 0) is 9.53 Å². The molecule has 0 aromatic heterocycles. The van der Waals surface area contributed by atoms with Gasteiger partial charge in [0.05, 0.1) is 17.7 Å². The van der Waals surface area contributed by atoms with Gasteiger partial charge in [-0.05, 0) is 34.6 Å². The Morgan fingerprint density at radius 1 is 1.32 bits per heavy atom. The van der Waals surface area contributed by atoms with Crippen molar-refractivity contribution in [2.75, 3.05) is 6.54 Å². The zero-order chi connectivity index (χ0) is 14.5. The minimum Gasteiger partial charge on any atom is -0.367 e. The molecule has 2 aliphatic rings. The monoisotopic (exact) mass is 264 g/mol. The van der Waals surface area contributed by atoms with E-state index in [0.717, 1.165) is 0 Å². The summed E-state index contributed by atoms with van der Waals surface area (Å²) in [5, 5.41) is 2.83. The number of amides is 3. The Morgan fingerprint density at radius 3 is 2.42 bits per heavy atom. The molecule has 0 bridgehead atoms. The summed E-state index contributed by atoms with van der Waals surface area (Å²) in [4.78, 5) is 25.8. The molecular weight excluding hydrogens is 244 g/mol. The highest BCUT2D eigenvalue weighted by molar-refractivity contribution is 6.08. The number of nitrogens with zero attached hydrogens (tertiary/aromatic N) is 1. The lowest BCUT2D eigenvalue weighted by Gasteiger charge is -2.33. The first kappa shape index (κ1) is 13.9. The van der Waals surface area contributed by atoms with E-state index in [-0.39, 0.29) is 18.5 Å².